The molecule has 1 atom stereocenters. The van der Waals surface area contributed by atoms with Crippen molar-refractivity contribution < 1.29 is 13.9 Å². The number of rotatable bonds is 6. The average molecular weight is 349 g/mol. The first-order valence-electron chi connectivity index (χ1n) is 9.25. The number of carbonyl (C=O) groups excluding carboxylic acids is 1. The number of piperidine rings is 1. The van der Waals surface area contributed by atoms with Crippen molar-refractivity contribution in [2.24, 2.45) is 5.92 Å². The summed E-state index contributed by atoms with van der Waals surface area (Å²) < 4.78 is 18.3. The van der Waals surface area contributed by atoms with E-state index in [0.717, 1.165) is 70.9 Å². The number of hydrogen-bond acceptors (Lipinski definition) is 4. The molecule has 2 aliphatic heterocycles. The molecular formula is C19H28FN3O2. The number of likely N-dealkylation sites (tertiary alicyclic amines) is 1. The molecule has 1 amide bonds. The molecule has 0 bridgehead atoms. The topological polar surface area (TPSA) is 44.8 Å². The minimum absolute atomic E-state index is 0.0545. The van der Waals surface area contributed by atoms with Crippen molar-refractivity contribution in [3.8, 4) is 0 Å². The number of halogens is 1. The monoisotopic (exact) mass is 349 g/mol. The summed E-state index contributed by atoms with van der Waals surface area (Å²) in [5.41, 5.74) is 1.09. The summed E-state index contributed by atoms with van der Waals surface area (Å²) in [7, 11) is 0. The highest BCUT2D eigenvalue weighted by molar-refractivity contribution is 5.78. The summed E-state index contributed by atoms with van der Waals surface area (Å²) in [6.45, 7) is 7.61. The maximum absolute atomic E-state index is 13.0. The van der Waals surface area contributed by atoms with Crippen molar-refractivity contribution in [1.29, 1.82) is 0 Å². The van der Waals surface area contributed by atoms with E-state index in [0.29, 0.717) is 6.54 Å². The zero-order chi connectivity index (χ0) is 17.5. The average Bonchev–Trinajstić information content (AvgIpc) is 2.65. The van der Waals surface area contributed by atoms with Gasteiger partial charge in [0, 0.05) is 39.3 Å². The molecule has 2 heterocycles. The van der Waals surface area contributed by atoms with E-state index in [1.54, 1.807) is 0 Å². The minimum Gasteiger partial charge on any atom is -0.379 e. The van der Waals surface area contributed by atoms with Gasteiger partial charge in [-0.1, -0.05) is 12.1 Å². The molecule has 0 aliphatic carbocycles. The number of carbonyl (C=O) groups is 1. The fraction of sp³-hybridized carbons (Fsp3) is 0.632. The predicted octanol–water partition coefficient (Wildman–Crippen LogP) is 1.49. The Hall–Kier alpha value is -1.50. The summed E-state index contributed by atoms with van der Waals surface area (Å²) in [6.07, 6.45) is 1.98. The van der Waals surface area contributed by atoms with Crippen molar-refractivity contribution >= 4 is 5.91 Å². The number of hydrogen-bond donors (Lipinski definition) is 1. The second-order valence-electron chi connectivity index (χ2n) is 6.95. The van der Waals surface area contributed by atoms with Crippen LogP contribution in [0.2, 0.25) is 0 Å². The number of benzene rings is 1. The van der Waals surface area contributed by atoms with E-state index in [1.165, 1.54) is 12.1 Å². The Bertz CT molecular complexity index is 546. The van der Waals surface area contributed by atoms with Crippen LogP contribution in [-0.4, -0.2) is 68.2 Å². The Kier molecular flexibility index (Phi) is 6.78. The van der Waals surface area contributed by atoms with Gasteiger partial charge in [-0.25, -0.2) is 4.39 Å². The molecule has 5 nitrogen and oxygen atoms in total. The largest absolute Gasteiger partial charge is 0.379 e. The van der Waals surface area contributed by atoms with Crippen molar-refractivity contribution in [3.63, 3.8) is 0 Å². The number of amides is 1. The van der Waals surface area contributed by atoms with Crippen LogP contribution < -0.4 is 5.32 Å². The van der Waals surface area contributed by atoms with Gasteiger partial charge in [0.15, 0.2) is 0 Å². The van der Waals surface area contributed by atoms with Crippen LogP contribution >= 0.6 is 0 Å². The zero-order valence-corrected chi connectivity index (χ0v) is 14.8. The van der Waals surface area contributed by atoms with Gasteiger partial charge in [0.25, 0.3) is 0 Å². The van der Waals surface area contributed by atoms with Crippen LogP contribution in [0.5, 0.6) is 0 Å². The Morgan fingerprint density at radius 2 is 1.92 bits per heavy atom. The van der Waals surface area contributed by atoms with Gasteiger partial charge in [0.05, 0.1) is 19.1 Å². The number of nitrogens with one attached hydrogen (secondary N) is 1. The molecule has 0 unspecified atom stereocenters. The second kappa shape index (κ2) is 9.27. The van der Waals surface area contributed by atoms with Crippen LogP contribution in [0, 0.1) is 11.7 Å². The molecule has 3 rings (SSSR count). The van der Waals surface area contributed by atoms with Crippen LogP contribution in [-0.2, 0) is 16.1 Å². The Morgan fingerprint density at radius 3 is 2.68 bits per heavy atom. The number of ether oxygens (including phenoxy) is 1. The van der Waals surface area contributed by atoms with Crippen LogP contribution in [0.4, 0.5) is 4.39 Å². The van der Waals surface area contributed by atoms with Gasteiger partial charge in [0.2, 0.25) is 5.91 Å². The second-order valence-corrected chi connectivity index (χ2v) is 6.95. The first-order chi connectivity index (χ1) is 12.2. The zero-order valence-electron chi connectivity index (χ0n) is 14.8. The molecule has 0 spiro atoms. The third kappa shape index (κ3) is 5.76. The lowest BCUT2D eigenvalue weighted by Gasteiger charge is -2.32. The smallest absolute Gasteiger partial charge is 0.224 e. The Labute approximate surface area is 149 Å². The van der Waals surface area contributed by atoms with Gasteiger partial charge >= 0.3 is 0 Å². The summed E-state index contributed by atoms with van der Waals surface area (Å²) >= 11 is 0. The molecule has 2 saturated heterocycles. The molecule has 2 aliphatic rings. The third-order valence-electron chi connectivity index (χ3n) is 5.03. The molecule has 1 aromatic carbocycles. The molecule has 138 valence electrons. The molecule has 6 heteroatoms. The fourth-order valence-corrected chi connectivity index (χ4v) is 3.57. The highest BCUT2D eigenvalue weighted by atomic mass is 19.1. The summed E-state index contributed by atoms with van der Waals surface area (Å²) in [6, 6.07) is 6.63. The van der Waals surface area contributed by atoms with Crippen molar-refractivity contribution in [2.75, 3.05) is 52.5 Å². The summed E-state index contributed by atoms with van der Waals surface area (Å²) in [5, 5.41) is 3.09. The van der Waals surface area contributed by atoms with Gasteiger partial charge < -0.3 is 10.1 Å². The number of morpholine rings is 1. The summed E-state index contributed by atoms with van der Waals surface area (Å²) in [5.74, 6) is 0.0101. The van der Waals surface area contributed by atoms with E-state index in [-0.39, 0.29) is 17.6 Å². The predicted molar refractivity (Wildman–Crippen MR) is 94.7 cm³/mol. The third-order valence-corrected chi connectivity index (χ3v) is 5.03. The fourth-order valence-electron chi connectivity index (χ4n) is 3.57. The normalized spacial score (nSPS) is 22.7. The van der Waals surface area contributed by atoms with E-state index in [4.69, 9.17) is 4.74 Å². The lowest BCUT2D eigenvalue weighted by molar-refractivity contribution is -0.126. The van der Waals surface area contributed by atoms with Crippen molar-refractivity contribution in [2.45, 2.75) is 19.4 Å². The maximum Gasteiger partial charge on any atom is 0.224 e. The standard InChI is InChI=1S/C19H28FN3O2/c20-18-5-3-16(4-6-18)14-23-8-1-2-17(15-23)19(24)21-7-9-22-10-12-25-13-11-22/h3-6,17H,1-2,7-15H2,(H,21,24)/t17-/m1/s1. The van der Waals surface area contributed by atoms with Crippen LogP contribution in [0.1, 0.15) is 18.4 Å². The molecule has 0 aromatic heterocycles. The molecule has 0 saturated carbocycles. The molecule has 0 radical (unpaired) electrons. The highest BCUT2D eigenvalue weighted by Crippen LogP contribution is 2.19. The minimum atomic E-state index is -0.208. The lowest BCUT2D eigenvalue weighted by atomic mass is 9.96. The van der Waals surface area contributed by atoms with E-state index in [9.17, 15) is 9.18 Å². The van der Waals surface area contributed by atoms with Crippen molar-refractivity contribution in [3.05, 3.63) is 35.6 Å². The van der Waals surface area contributed by atoms with E-state index < -0.39 is 0 Å². The summed E-state index contributed by atoms with van der Waals surface area (Å²) in [4.78, 5) is 17.1. The first-order valence-corrected chi connectivity index (χ1v) is 9.25. The Morgan fingerprint density at radius 1 is 1.16 bits per heavy atom. The molecule has 1 N–H and O–H groups in total. The lowest BCUT2D eigenvalue weighted by Crippen LogP contribution is -2.45. The maximum atomic E-state index is 13.0. The molecular weight excluding hydrogens is 321 g/mol. The van der Waals surface area contributed by atoms with E-state index in [2.05, 4.69) is 15.1 Å². The van der Waals surface area contributed by atoms with Gasteiger partial charge in [-0.3, -0.25) is 14.6 Å². The van der Waals surface area contributed by atoms with Gasteiger partial charge in [-0.05, 0) is 37.1 Å². The first kappa shape index (κ1) is 18.3. The van der Waals surface area contributed by atoms with Gasteiger partial charge in [-0.15, -0.1) is 0 Å². The van der Waals surface area contributed by atoms with E-state index in [1.807, 2.05) is 12.1 Å². The molecule has 25 heavy (non-hydrogen) atoms. The Balaban J connectivity index is 1.40. The number of nitrogens with zero attached hydrogens (tertiary/aromatic N) is 2. The van der Waals surface area contributed by atoms with Gasteiger partial charge in [0.1, 0.15) is 5.82 Å². The highest BCUT2D eigenvalue weighted by Gasteiger charge is 2.25. The van der Waals surface area contributed by atoms with Crippen molar-refractivity contribution in [1.82, 2.24) is 15.1 Å². The van der Waals surface area contributed by atoms with Crippen LogP contribution in [0.25, 0.3) is 0 Å². The van der Waals surface area contributed by atoms with Crippen LogP contribution in [0.3, 0.4) is 0 Å². The van der Waals surface area contributed by atoms with Gasteiger partial charge in [-0.2, -0.15) is 0 Å². The van der Waals surface area contributed by atoms with Crippen LogP contribution in [0.15, 0.2) is 24.3 Å². The SMILES string of the molecule is O=C(NCCN1CCOCC1)[C@@H]1CCCN(Cc2ccc(F)cc2)C1. The molecule has 2 fully saturated rings. The van der Waals surface area contributed by atoms with E-state index >= 15 is 0 Å². The molecule has 1 aromatic rings. The quantitative estimate of drug-likeness (QED) is 0.845.